The van der Waals surface area contributed by atoms with Gasteiger partial charge in [-0.05, 0) is 52.2 Å². The molecule has 1 rings (SSSR count). The standard InChI is InChI=1S/C15H22O3S/c1-5-6-7-12-15(3,4)18-19(16,17)14-10-8-13(2)9-11-14/h5,8-11H,1,6-7,12H2,2-4H3. The molecule has 106 valence electrons. The summed E-state index contributed by atoms with van der Waals surface area (Å²) in [5, 5.41) is 0. The summed E-state index contributed by atoms with van der Waals surface area (Å²) in [5.74, 6) is 0. The third-order valence-corrected chi connectivity index (χ3v) is 4.35. The van der Waals surface area contributed by atoms with Crippen molar-refractivity contribution in [1.82, 2.24) is 0 Å². The maximum atomic E-state index is 12.1. The van der Waals surface area contributed by atoms with Gasteiger partial charge in [-0.25, -0.2) is 0 Å². The first kappa shape index (κ1) is 15.9. The lowest BCUT2D eigenvalue weighted by atomic mass is 10.0. The van der Waals surface area contributed by atoms with Gasteiger partial charge >= 0.3 is 0 Å². The zero-order valence-electron chi connectivity index (χ0n) is 11.8. The number of hydrogen-bond acceptors (Lipinski definition) is 3. The Kier molecular flexibility index (Phi) is 5.32. The number of hydrogen-bond donors (Lipinski definition) is 0. The molecular weight excluding hydrogens is 260 g/mol. The molecule has 0 aliphatic heterocycles. The molecule has 1 aromatic carbocycles. The van der Waals surface area contributed by atoms with Gasteiger partial charge in [-0.1, -0.05) is 23.8 Å². The molecule has 0 amide bonds. The first-order valence-electron chi connectivity index (χ1n) is 6.40. The van der Waals surface area contributed by atoms with Crippen LogP contribution in [0.4, 0.5) is 0 Å². The number of benzene rings is 1. The quantitative estimate of drug-likeness (QED) is 0.433. The highest BCUT2D eigenvalue weighted by Gasteiger charge is 2.27. The minimum Gasteiger partial charge on any atom is -0.260 e. The van der Waals surface area contributed by atoms with Gasteiger partial charge in [-0.15, -0.1) is 6.58 Å². The molecule has 0 aromatic heterocycles. The van der Waals surface area contributed by atoms with Crippen LogP contribution in [0.3, 0.4) is 0 Å². The van der Waals surface area contributed by atoms with Crippen LogP contribution in [0.1, 0.15) is 38.7 Å². The van der Waals surface area contributed by atoms with E-state index in [1.807, 2.05) is 13.0 Å². The van der Waals surface area contributed by atoms with Gasteiger partial charge in [0.25, 0.3) is 10.1 Å². The highest BCUT2D eigenvalue weighted by Crippen LogP contribution is 2.24. The van der Waals surface area contributed by atoms with Crippen LogP contribution in [0.5, 0.6) is 0 Å². The summed E-state index contributed by atoms with van der Waals surface area (Å²) < 4.78 is 29.6. The van der Waals surface area contributed by atoms with Crippen LogP contribution in [-0.4, -0.2) is 14.0 Å². The van der Waals surface area contributed by atoms with E-state index in [0.29, 0.717) is 6.42 Å². The molecule has 3 nitrogen and oxygen atoms in total. The SMILES string of the molecule is C=CCCCC(C)(C)OS(=O)(=O)c1ccc(C)cc1. The molecule has 0 unspecified atom stereocenters. The normalized spacial score (nSPS) is 12.4. The summed E-state index contributed by atoms with van der Waals surface area (Å²) >= 11 is 0. The minimum atomic E-state index is -3.70. The summed E-state index contributed by atoms with van der Waals surface area (Å²) in [5.41, 5.74) is 0.316. The number of allylic oxidation sites excluding steroid dienone is 1. The zero-order valence-corrected chi connectivity index (χ0v) is 12.7. The van der Waals surface area contributed by atoms with Gasteiger partial charge in [-0.2, -0.15) is 8.42 Å². The lowest BCUT2D eigenvalue weighted by Crippen LogP contribution is -2.28. The predicted molar refractivity (Wildman–Crippen MR) is 77.6 cm³/mol. The molecule has 0 heterocycles. The van der Waals surface area contributed by atoms with Crippen LogP contribution in [0.2, 0.25) is 0 Å². The molecule has 19 heavy (non-hydrogen) atoms. The van der Waals surface area contributed by atoms with E-state index in [-0.39, 0.29) is 4.90 Å². The Bertz CT molecular complexity index is 513. The third kappa shape index (κ3) is 5.17. The fourth-order valence-electron chi connectivity index (χ4n) is 1.76. The second-order valence-electron chi connectivity index (χ2n) is 5.29. The molecule has 0 aliphatic rings. The van der Waals surface area contributed by atoms with Crippen molar-refractivity contribution in [3.05, 3.63) is 42.5 Å². The smallest absolute Gasteiger partial charge is 0.260 e. The van der Waals surface area contributed by atoms with Crippen molar-refractivity contribution in [2.24, 2.45) is 0 Å². The fraction of sp³-hybridized carbons (Fsp3) is 0.467. The van der Waals surface area contributed by atoms with Crippen LogP contribution >= 0.6 is 0 Å². The van der Waals surface area contributed by atoms with E-state index >= 15 is 0 Å². The second kappa shape index (κ2) is 6.35. The average Bonchev–Trinajstić information content (AvgIpc) is 2.28. The first-order valence-corrected chi connectivity index (χ1v) is 7.81. The molecule has 0 aliphatic carbocycles. The summed E-state index contributed by atoms with van der Waals surface area (Å²) in [7, 11) is -3.70. The van der Waals surface area contributed by atoms with Crippen LogP contribution in [0.15, 0.2) is 41.8 Å². The summed E-state index contributed by atoms with van der Waals surface area (Å²) in [6.07, 6.45) is 4.21. The van der Waals surface area contributed by atoms with Crippen LogP contribution in [-0.2, 0) is 14.3 Å². The van der Waals surface area contributed by atoms with Crippen LogP contribution in [0.25, 0.3) is 0 Å². The van der Waals surface area contributed by atoms with Crippen molar-refractivity contribution in [1.29, 1.82) is 0 Å². The fourth-order valence-corrected chi connectivity index (χ4v) is 3.01. The van der Waals surface area contributed by atoms with Crippen molar-refractivity contribution in [3.8, 4) is 0 Å². The van der Waals surface area contributed by atoms with Crippen molar-refractivity contribution >= 4 is 10.1 Å². The van der Waals surface area contributed by atoms with E-state index < -0.39 is 15.7 Å². The Hall–Kier alpha value is -1.13. The van der Waals surface area contributed by atoms with Crippen molar-refractivity contribution in [3.63, 3.8) is 0 Å². The largest absolute Gasteiger partial charge is 0.297 e. The topological polar surface area (TPSA) is 43.4 Å². The number of aryl methyl sites for hydroxylation is 1. The van der Waals surface area contributed by atoms with Gasteiger partial charge in [0.2, 0.25) is 0 Å². The Morgan fingerprint density at radius 3 is 2.37 bits per heavy atom. The predicted octanol–water partition coefficient (Wildman–Crippen LogP) is 3.84. The third-order valence-electron chi connectivity index (χ3n) is 2.83. The molecule has 0 saturated carbocycles. The Morgan fingerprint density at radius 2 is 1.84 bits per heavy atom. The second-order valence-corrected chi connectivity index (χ2v) is 6.84. The number of unbranched alkanes of at least 4 members (excludes halogenated alkanes) is 1. The van der Waals surface area contributed by atoms with Gasteiger partial charge in [0, 0.05) is 0 Å². The van der Waals surface area contributed by atoms with E-state index in [2.05, 4.69) is 6.58 Å². The maximum absolute atomic E-state index is 12.1. The lowest BCUT2D eigenvalue weighted by Gasteiger charge is -2.24. The van der Waals surface area contributed by atoms with Gasteiger partial charge < -0.3 is 0 Å². The summed E-state index contributed by atoms with van der Waals surface area (Å²) in [6.45, 7) is 9.15. The van der Waals surface area contributed by atoms with E-state index in [1.54, 1.807) is 38.1 Å². The Morgan fingerprint density at radius 1 is 1.26 bits per heavy atom. The first-order chi connectivity index (χ1) is 8.77. The number of rotatable bonds is 7. The average molecular weight is 282 g/mol. The van der Waals surface area contributed by atoms with E-state index in [0.717, 1.165) is 18.4 Å². The summed E-state index contributed by atoms with van der Waals surface area (Å²) in [6, 6.07) is 6.68. The molecule has 0 atom stereocenters. The van der Waals surface area contributed by atoms with Crippen molar-refractivity contribution < 1.29 is 12.6 Å². The van der Waals surface area contributed by atoms with Gasteiger partial charge in [0.05, 0.1) is 10.5 Å². The monoisotopic (exact) mass is 282 g/mol. The molecule has 0 fully saturated rings. The van der Waals surface area contributed by atoms with Crippen LogP contribution < -0.4 is 0 Å². The van der Waals surface area contributed by atoms with Gasteiger partial charge in [0.1, 0.15) is 0 Å². The highest BCUT2D eigenvalue weighted by molar-refractivity contribution is 7.86. The highest BCUT2D eigenvalue weighted by atomic mass is 32.2. The molecule has 1 aromatic rings. The molecule has 0 saturated heterocycles. The molecule has 0 bridgehead atoms. The molecule has 4 heteroatoms. The van der Waals surface area contributed by atoms with E-state index in [9.17, 15) is 8.42 Å². The van der Waals surface area contributed by atoms with Crippen molar-refractivity contribution in [2.45, 2.75) is 50.5 Å². The van der Waals surface area contributed by atoms with E-state index in [1.165, 1.54) is 0 Å². The molecule has 0 spiro atoms. The van der Waals surface area contributed by atoms with Crippen LogP contribution in [0, 0.1) is 6.92 Å². The molecular formula is C15H22O3S. The summed E-state index contributed by atoms with van der Waals surface area (Å²) in [4.78, 5) is 0.204. The Labute approximate surface area is 116 Å². The van der Waals surface area contributed by atoms with Gasteiger partial charge in [0.15, 0.2) is 0 Å². The van der Waals surface area contributed by atoms with E-state index in [4.69, 9.17) is 4.18 Å². The Balaban J connectivity index is 2.78. The molecule has 0 N–H and O–H groups in total. The maximum Gasteiger partial charge on any atom is 0.297 e. The van der Waals surface area contributed by atoms with Gasteiger partial charge in [-0.3, -0.25) is 4.18 Å². The lowest BCUT2D eigenvalue weighted by molar-refractivity contribution is 0.106. The zero-order chi connectivity index (χ0) is 14.5. The minimum absolute atomic E-state index is 0.204. The molecule has 0 radical (unpaired) electrons. The van der Waals surface area contributed by atoms with Crippen molar-refractivity contribution in [2.75, 3.05) is 0 Å².